The van der Waals surface area contributed by atoms with Crippen LogP contribution in [0.15, 0.2) is 34.8 Å². The van der Waals surface area contributed by atoms with E-state index in [1.165, 1.54) is 11.3 Å². The van der Waals surface area contributed by atoms with Gasteiger partial charge in [0.05, 0.1) is 22.1 Å². The fraction of sp³-hybridized carbons (Fsp3) is 0.182. The lowest BCUT2D eigenvalue weighted by molar-refractivity contribution is 0.683. The molecule has 2 rings (SSSR count). The molecule has 0 aliphatic heterocycles. The summed E-state index contributed by atoms with van der Waals surface area (Å²) in [5.41, 5.74) is 9.17. The number of nitrogens with two attached hydrogens (primary N) is 1. The Bertz CT molecular complexity index is 509. The SMILES string of the molecule is Cc1cc(S(=O)Cc2cncs2)ccc1N. The number of anilines is 1. The van der Waals surface area contributed by atoms with Crippen molar-refractivity contribution in [2.75, 3.05) is 5.73 Å². The fourth-order valence-electron chi connectivity index (χ4n) is 1.32. The number of aromatic nitrogens is 1. The van der Waals surface area contributed by atoms with Crippen LogP contribution >= 0.6 is 11.3 Å². The Balaban J connectivity index is 2.18. The van der Waals surface area contributed by atoms with Crippen LogP contribution in [0.2, 0.25) is 0 Å². The van der Waals surface area contributed by atoms with Gasteiger partial charge in [-0.15, -0.1) is 11.3 Å². The van der Waals surface area contributed by atoms with E-state index in [-0.39, 0.29) is 0 Å². The lowest BCUT2D eigenvalue weighted by Crippen LogP contribution is -1.97. The van der Waals surface area contributed by atoms with Crippen molar-refractivity contribution in [2.24, 2.45) is 0 Å². The van der Waals surface area contributed by atoms with E-state index >= 15 is 0 Å². The summed E-state index contributed by atoms with van der Waals surface area (Å²) < 4.78 is 12.0. The number of hydrogen-bond donors (Lipinski definition) is 1. The van der Waals surface area contributed by atoms with Crippen LogP contribution < -0.4 is 5.73 Å². The Labute approximate surface area is 101 Å². The van der Waals surface area contributed by atoms with E-state index < -0.39 is 10.8 Å². The molecule has 0 amide bonds. The Morgan fingerprint density at radius 1 is 1.50 bits per heavy atom. The van der Waals surface area contributed by atoms with Crippen LogP contribution in [-0.2, 0) is 16.6 Å². The average Bonchev–Trinajstić information content (AvgIpc) is 2.74. The zero-order valence-corrected chi connectivity index (χ0v) is 10.5. The molecule has 0 spiro atoms. The molecule has 16 heavy (non-hydrogen) atoms. The van der Waals surface area contributed by atoms with Gasteiger partial charge in [-0.25, -0.2) is 0 Å². The van der Waals surface area contributed by atoms with Gasteiger partial charge in [-0.3, -0.25) is 9.19 Å². The number of hydrogen-bond acceptors (Lipinski definition) is 4. The Morgan fingerprint density at radius 2 is 2.31 bits per heavy atom. The van der Waals surface area contributed by atoms with Gasteiger partial charge in [-0.05, 0) is 30.7 Å². The second-order valence-corrected chi connectivity index (χ2v) is 5.90. The van der Waals surface area contributed by atoms with Gasteiger partial charge < -0.3 is 5.73 Å². The van der Waals surface area contributed by atoms with Gasteiger partial charge in [-0.1, -0.05) is 0 Å². The van der Waals surface area contributed by atoms with Crippen LogP contribution in [-0.4, -0.2) is 9.19 Å². The highest BCUT2D eigenvalue weighted by atomic mass is 32.2. The molecule has 3 nitrogen and oxygen atoms in total. The summed E-state index contributed by atoms with van der Waals surface area (Å²) in [6, 6.07) is 5.50. The molecule has 1 aromatic carbocycles. The Hall–Kier alpha value is -1.20. The zero-order chi connectivity index (χ0) is 11.5. The van der Waals surface area contributed by atoms with Crippen LogP contribution in [0.3, 0.4) is 0 Å². The first-order chi connectivity index (χ1) is 7.66. The van der Waals surface area contributed by atoms with Crippen LogP contribution in [0.5, 0.6) is 0 Å². The lowest BCUT2D eigenvalue weighted by atomic mass is 10.2. The lowest BCUT2D eigenvalue weighted by Gasteiger charge is -2.04. The van der Waals surface area contributed by atoms with Gasteiger partial charge in [0.2, 0.25) is 0 Å². The number of aryl methyl sites for hydroxylation is 1. The zero-order valence-electron chi connectivity index (χ0n) is 8.84. The molecule has 0 aliphatic rings. The largest absolute Gasteiger partial charge is 0.399 e. The normalized spacial score (nSPS) is 12.6. The molecule has 84 valence electrons. The standard InChI is InChI=1S/C11H12N2OS2/c1-8-4-10(2-3-11(8)12)16(14)6-9-5-13-7-15-9/h2-5,7H,6,12H2,1H3. The minimum absolute atomic E-state index is 0.522. The molecule has 0 bridgehead atoms. The summed E-state index contributed by atoms with van der Waals surface area (Å²) in [6.45, 7) is 1.92. The fourth-order valence-corrected chi connectivity index (χ4v) is 3.32. The van der Waals surface area contributed by atoms with Gasteiger partial charge >= 0.3 is 0 Å². The molecule has 0 radical (unpaired) electrons. The van der Waals surface area contributed by atoms with Crippen molar-refractivity contribution in [3.63, 3.8) is 0 Å². The first-order valence-electron chi connectivity index (χ1n) is 4.78. The molecular formula is C11H12N2OS2. The number of rotatable bonds is 3. The summed E-state index contributed by atoms with van der Waals surface area (Å²) in [7, 11) is -1.02. The third kappa shape index (κ3) is 2.48. The third-order valence-corrected chi connectivity index (χ3v) is 4.58. The molecule has 0 aliphatic carbocycles. The molecule has 5 heteroatoms. The van der Waals surface area contributed by atoms with Crippen LogP contribution in [0.1, 0.15) is 10.4 Å². The molecule has 1 unspecified atom stereocenters. The summed E-state index contributed by atoms with van der Waals surface area (Å²) in [5.74, 6) is 0.522. The Morgan fingerprint density at radius 3 is 2.94 bits per heavy atom. The maximum atomic E-state index is 12.0. The second kappa shape index (κ2) is 4.76. The molecule has 2 aromatic rings. The molecule has 0 saturated carbocycles. The number of nitrogens with zero attached hydrogens (tertiary/aromatic N) is 1. The number of nitrogen functional groups attached to an aromatic ring is 1. The van der Waals surface area contributed by atoms with Gasteiger partial charge in [0.25, 0.3) is 0 Å². The minimum Gasteiger partial charge on any atom is -0.399 e. The van der Waals surface area contributed by atoms with E-state index in [9.17, 15) is 4.21 Å². The first-order valence-corrected chi connectivity index (χ1v) is 6.98. The summed E-state index contributed by atoms with van der Waals surface area (Å²) in [6.07, 6.45) is 1.76. The molecular weight excluding hydrogens is 240 g/mol. The second-order valence-electron chi connectivity index (χ2n) is 3.48. The summed E-state index contributed by atoms with van der Waals surface area (Å²) >= 11 is 1.52. The maximum Gasteiger partial charge on any atom is 0.0794 e. The van der Waals surface area contributed by atoms with Crippen LogP contribution in [0.25, 0.3) is 0 Å². The quantitative estimate of drug-likeness (QED) is 0.853. The molecule has 0 fully saturated rings. The van der Waals surface area contributed by atoms with Crippen molar-refractivity contribution in [3.05, 3.63) is 40.3 Å². The van der Waals surface area contributed by atoms with Crippen LogP contribution in [0.4, 0.5) is 5.69 Å². The maximum absolute atomic E-state index is 12.0. The summed E-state index contributed by atoms with van der Waals surface area (Å²) in [4.78, 5) is 5.82. The molecule has 2 N–H and O–H groups in total. The highest BCUT2D eigenvalue weighted by Crippen LogP contribution is 2.19. The average molecular weight is 252 g/mol. The van der Waals surface area contributed by atoms with Gasteiger partial charge in [0.15, 0.2) is 0 Å². The number of benzene rings is 1. The van der Waals surface area contributed by atoms with Crippen molar-refractivity contribution in [2.45, 2.75) is 17.6 Å². The Kier molecular flexibility index (Phi) is 3.36. The van der Waals surface area contributed by atoms with E-state index in [4.69, 9.17) is 5.73 Å². The van der Waals surface area contributed by atoms with E-state index in [2.05, 4.69) is 4.98 Å². The molecule has 1 atom stereocenters. The van der Waals surface area contributed by atoms with E-state index in [0.717, 1.165) is 21.0 Å². The van der Waals surface area contributed by atoms with Crippen molar-refractivity contribution in [1.82, 2.24) is 4.98 Å². The first kappa shape index (κ1) is 11.3. The topological polar surface area (TPSA) is 56.0 Å². The highest BCUT2D eigenvalue weighted by molar-refractivity contribution is 7.84. The van der Waals surface area contributed by atoms with Crippen LogP contribution in [0, 0.1) is 6.92 Å². The molecule has 0 saturated heterocycles. The van der Waals surface area contributed by atoms with E-state index in [0.29, 0.717) is 5.75 Å². The summed E-state index contributed by atoms with van der Waals surface area (Å²) in [5, 5.41) is 0. The predicted molar refractivity (Wildman–Crippen MR) is 67.8 cm³/mol. The van der Waals surface area contributed by atoms with Crippen molar-refractivity contribution < 1.29 is 4.21 Å². The monoisotopic (exact) mass is 252 g/mol. The van der Waals surface area contributed by atoms with Crippen molar-refractivity contribution >= 4 is 27.8 Å². The number of thiazole rings is 1. The van der Waals surface area contributed by atoms with E-state index in [1.807, 2.05) is 19.1 Å². The van der Waals surface area contributed by atoms with Gasteiger partial charge in [0, 0.05) is 21.7 Å². The third-order valence-electron chi connectivity index (χ3n) is 2.26. The van der Waals surface area contributed by atoms with Crippen molar-refractivity contribution in [1.29, 1.82) is 0 Å². The highest BCUT2D eigenvalue weighted by Gasteiger charge is 2.07. The van der Waals surface area contributed by atoms with E-state index in [1.54, 1.807) is 17.8 Å². The minimum atomic E-state index is -1.02. The molecule has 1 aromatic heterocycles. The van der Waals surface area contributed by atoms with Gasteiger partial charge in [0.1, 0.15) is 0 Å². The van der Waals surface area contributed by atoms with Gasteiger partial charge in [-0.2, -0.15) is 0 Å². The van der Waals surface area contributed by atoms with Crippen molar-refractivity contribution in [3.8, 4) is 0 Å². The predicted octanol–water partition coefficient (Wildman–Crippen LogP) is 2.34. The smallest absolute Gasteiger partial charge is 0.0794 e. The molecule has 1 heterocycles.